The molecule has 1 aromatic heterocycles. The Hall–Kier alpha value is -1.42. The van der Waals surface area contributed by atoms with Crippen molar-refractivity contribution in [2.24, 2.45) is 0 Å². The molecule has 0 aromatic carbocycles. The second-order valence-electron chi connectivity index (χ2n) is 2.97. The van der Waals surface area contributed by atoms with Gasteiger partial charge in [-0.3, -0.25) is 15.2 Å². The number of aromatic nitrogens is 1. The summed E-state index contributed by atoms with van der Waals surface area (Å²) in [6.45, 7) is 2.90. The molecule has 76 valence electrons. The smallest absolute Gasteiger partial charge is 0.265 e. The number of nitrogens with zero attached hydrogens (tertiary/aromatic N) is 1. The highest BCUT2D eigenvalue weighted by molar-refractivity contribution is 5.93. The molecule has 0 saturated heterocycles. The van der Waals surface area contributed by atoms with Crippen LogP contribution in [0.2, 0.25) is 0 Å². The molecule has 1 heterocycles. The van der Waals surface area contributed by atoms with Crippen molar-refractivity contribution < 1.29 is 4.79 Å². The highest BCUT2D eigenvalue weighted by Gasteiger charge is 2.01. The van der Waals surface area contributed by atoms with E-state index in [-0.39, 0.29) is 5.91 Å². The summed E-state index contributed by atoms with van der Waals surface area (Å²) in [6, 6.07) is 3.35. The maximum Gasteiger partial charge on any atom is 0.265 e. The standard InChI is InChI=1S/C10H15N3O/c1-2-3-6-12-13-10(14)9-4-7-11-8-5-9/h4-5,7-8,12H,2-3,6H2,1H3,(H,13,14). The van der Waals surface area contributed by atoms with Crippen molar-refractivity contribution in [2.75, 3.05) is 6.54 Å². The number of hydrogen-bond acceptors (Lipinski definition) is 3. The maximum absolute atomic E-state index is 11.4. The molecule has 14 heavy (non-hydrogen) atoms. The van der Waals surface area contributed by atoms with Gasteiger partial charge in [0.05, 0.1) is 0 Å². The minimum Gasteiger partial charge on any atom is -0.287 e. The Labute approximate surface area is 83.7 Å². The van der Waals surface area contributed by atoms with E-state index in [0.717, 1.165) is 19.4 Å². The first-order chi connectivity index (χ1) is 6.84. The number of carbonyl (C=O) groups excluding carboxylic acids is 1. The van der Waals surface area contributed by atoms with Crippen LogP contribution in [0.4, 0.5) is 0 Å². The van der Waals surface area contributed by atoms with Gasteiger partial charge < -0.3 is 0 Å². The third-order valence-corrected chi connectivity index (χ3v) is 1.80. The molecule has 4 heteroatoms. The van der Waals surface area contributed by atoms with Crippen LogP contribution in [0.5, 0.6) is 0 Å². The first kappa shape index (κ1) is 10.7. The van der Waals surface area contributed by atoms with E-state index in [2.05, 4.69) is 22.8 Å². The fourth-order valence-corrected chi connectivity index (χ4v) is 0.983. The first-order valence-electron chi connectivity index (χ1n) is 4.78. The summed E-state index contributed by atoms with van der Waals surface area (Å²) in [7, 11) is 0. The number of unbranched alkanes of at least 4 members (excludes halogenated alkanes) is 1. The van der Waals surface area contributed by atoms with Crippen LogP contribution >= 0.6 is 0 Å². The Balaban J connectivity index is 2.29. The Kier molecular flexibility index (Phi) is 4.64. The number of nitrogens with one attached hydrogen (secondary N) is 2. The van der Waals surface area contributed by atoms with Crippen molar-refractivity contribution in [1.82, 2.24) is 15.8 Å². The van der Waals surface area contributed by atoms with Gasteiger partial charge in [-0.05, 0) is 18.6 Å². The molecule has 0 spiro atoms. The molecule has 0 unspecified atom stereocenters. The first-order valence-corrected chi connectivity index (χ1v) is 4.78. The van der Waals surface area contributed by atoms with E-state index >= 15 is 0 Å². The van der Waals surface area contributed by atoms with Crippen molar-refractivity contribution in [3.8, 4) is 0 Å². The zero-order chi connectivity index (χ0) is 10.2. The highest BCUT2D eigenvalue weighted by Crippen LogP contribution is 1.94. The number of carbonyl (C=O) groups is 1. The zero-order valence-corrected chi connectivity index (χ0v) is 8.29. The fourth-order valence-electron chi connectivity index (χ4n) is 0.983. The molecule has 1 amide bonds. The summed E-state index contributed by atoms with van der Waals surface area (Å²) in [5, 5.41) is 0. The monoisotopic (exact) mass is 193 g/mol. The van der Waals surface area contributed by atoms with Crippen molar-refractivity contribution in [1.29, 1.82) is 0 Å². The summed E-state index contributed by atoms with van der Waals surface area (Å²) in [5.41, 5.74) is 6.10. The van der Waals surface area contributed by atoms with Crippen LogP contribution in [0.3, 0.4) is 0 Å². The Bertz CT molecular complexity index is 274. The minimum atomic E-state index is -0.122. The summed E-state index contributed by atoms with van der Waals surface area (Å²) in [6.07, 6.45) is 5.36. The zero-order valence-electron chi connectivity index (χ0n) is 8.29. The average molecular weight is 193 g/mol. The number of amides is 1. The molecule has 1 aromatic rings. The Morgan fingerprint density at radius 3 is 2.79 bits per heavy atom. The van der Waals surface area contributed by atoms with E-state index in [4.69, 9.17) is 0 Å². The number of hydrogen-bond donors (Lipinski definition) is 2. The maximum atomic E-state index is 11.4. The molecule has 0 saturated carbocycles. The molecule has 1 rings (SSSR count). The number of pyridine rings is 1. The van der Waals surface area contributed by atoms with Crippen LogP contribution in [0, 0.1) is 0 Å². The predicted octanol–water partition coefficient (Wildman–Crippen LogP) is 1.12. The molecule has 0 atom stereocenters. The highest BCUT2D eigenvalue weighted by atomic mass is 16.2. The van der Waals surface area contributed by atoms with Crippen LogP contribution < -0.4 is 10.9 Å². The van der Waals surface area contributed by atoms with Gasteiger partial charge >= 0.3 is 0 Å². The van der Waals surface area contributed by atoms with Gasteiger partial charge in [0, 0.05) is 24.5 Å². The molecular weight excluding hydrogens is 178 g/mol. The van der Waals surface area contributed by atoms with Crippen LogP contribution in [-0.4, -0.2) is 17.4 Å². The van der Waals surface area contributed by atoms with Crippen molar-refractivity contribution in [3.63, 3.8) is 0 Å². The van der Waals surface area contributed by atoms with E-state index in [0.29, 0.717) is 5.56 Å². The summed E-state index contributed by atoms with van der Waals surface area (Å²) in [4.78, 5) is 15.2. The molecule has 0 fully saturated rings. The van der Waals surface area contributed by atoms with Gasteiger partial charge in [-0.2, -0.15) is 0 Å². The topological polar surface area (TPSA) is 54.0 Å². The van der Waals surface area contributed by atoms with Gasteiger partial charge in [-0.15, -0.1) is 0 Å². The lowest BCUT2D eigenvalue weighted by Gasteiger charge is -2.05. The molecule has 0 bridgehead atoms. The van der Waals surface area contributed by atoms with Crippen LogP contribution in [-0.2, 0) is 0 Å². The largest absolute Gasteiger partial charge is 0.287 e. The quantitative estimate of drug-likeness (QED) is 0.544. The normalized spacial score (nSPS) is 9.79. The predicted molar refractivity (Wildman–Crippen MR) is 54.6 cm³/mol. The van der Waals surface area contributed by atoms with Gasteiger partial charge in [0.2, 0.25) is 0 Å². The number of rotatable bonds is 5. The second kappa shape index (κ2) is 6.10. The van der Waals surface area contributed by atoms with Gasteiger partial charge in [-0.25, -0.2) is 5.43 Å². The SMILES string of the molecule is CCCCNNC(=O)c1ccncc1. The Morgan fingerprint density at radius 2 is 2.14 bits per heavy atom. The van der Waals surface area contributed by atoms with Gasteiger partial charge in [0.25, 0.3) is 5.91 Å². The lowest BCUT2D eigenvalue weighted by Crippen LogP contribution is -2.37. The number of hydrazine groups is 1. The lowest BCUT2D eigenvalue weighted by atomic mass is 10.2. The van der Waals surface area contributed by atoms with E-state index in [1.807, 2.05) is 0 Å². The van der Waals surface area contributed by atoms with Crippen molar-refractivity contribution in [2.45, 2.75) is 19.8 Å². The third-order valence-electron chi connectivity index (χ3n) is 1.80. The van der Waals surface area contributed by atoms with Crippen molar-refractivity contribution in [3.05, 3.63) is 30.1 Å². The average Bonchev–Trinajstić information content (AvgIpc) is 2.25. The van der Waals surface area contributed by atoms with Gasteiger partial charge in [-0.1, -0.05) is 13.3 Å². The van der Waals surface area contributed by atoms with Gasteiger partial charge in [0.1, 0.15) is 0 Å². The lowest BCUT2D eigenvalue weighted by molar-refractivity contribution is 0.0933. The van der Waals surface area contributed by atoms with E-state index < -0.39 is 0 Å². The molecule has 2 N–H and O–H groups in total. The Morgan fingerprint density at radius 1 is 1.43 bits per heavy atom. The molecule has 0 aliphatic heterocycles. The molecule has 0 radical (unpaired) electrons. The van der Waals surface area contributed by atoms with Crippen LogP contribution in [0.25, 0.3) is 0 Å². The molecular formula is C10H15N3O. The van der Waals surface area contributed by atoms with E-state index in [9.17, 15) is 4.79 Å². The van der Waals surface area contributed by atoms with Gasteiger partial charge in [0.15, 0.2) is 0 Å². The third kappa shape index (κ3) is 3.53. The van der Waals surface area contributed by atoms with E-state index in [1.165, 1.54) is 0 Å². The van der Waals surface area contributed by atoms with E-state index in [1.54, 1.807) is 24.5 Å². The fraction of sp³-hybridized carbons (Fsp3) is 0.400. The summed E-state index contributed by atoms with van der Waals surface area (Å²) in [5.74, 6) is -0.122. The van der Waals surface area contributed by atoms with Crippen LogP contribution in [0.1, 0.15) is 30.1 Å². The summed E-state index contributed by atoms with van der Waals surface area (Å²) < 4.78 is 0. The summed E-state index contributed by atoms with van der Waals surface area (Å²) >= 11 is 0. The van der Waals surface area contributed by atoms with Crippen LogP contribution in [0.15, 0.2) is 24.5 Å². The minimum absolute atomic E-state index is 0.122. The molecule has 0 aliphatic rings. The molecule has 0 aliphatic carbocycles. The second-order valence-corrected chi connectivity index (χ2v) is 2.97. The molecule has 4 nitrogen and oxygen atoms in total. The van der Waals surface area contributed by atoms with Crippen molar-refractivity contribution >= 4 is 5.91 Å².